The van der Waals surface area contributed by atoms with E-state index in [0.29, 0.717) is 19.1 Å². The molecule has 1 aliphatic heterocycles. The maximum atomic E-state index is 11.9. The second-order valence-corrected chi connectivity index (χ2v) is 4.53. The lowest BCUT2D eigenvalue weighted by Crippen LogP contribution is -2.34. The van der Waals surface area contributed by atoms with Gasteiger partial charge in [0.2, 0.25) is 5.91 Å². The van der Waals surface area contributed by atoms with Crippen LogP contribution in [0.4, 0.5) is 0 Å². The number of carbonyl (C=O) groups excluding carboxylic acids is 1. The van der Waals surface area contributed by atoms with E-state index in [9.17, 15) is 4.79 Å². The first kappa shape index (κ1) is 15.8. The minimum absolute atomic E-state index is 0. The first-order valence-corrected chi connectivity index (χ1v) is 6.42. The molecule has 1 aliphatic rings. The van der Waals surface area contributed by atoms with Crippen molar-refractivity contribution in [2.45, 2.75) is 18.9 Å². The SMILES string of the molecule is CNC1CCN(C(=O)CCOc2ccccc2)C1.Cl. The normalized spacial score (nSPS) is 17.9. The zero-order valence-corrected chi connectivity index (χ0v) is 12.0. The molecule has 2 rings (SSSR count). The van der Waals surface area contributed by atoms with E-state index < -0.39 is 0 Å². The molecule has 0 saturated carbocycles. The quantitative estimate of drug-likeness (QED) is 0.895. The smallest absolute Gasteiger partial charge is 0.226 e. The molecular formula is C14H21ClN2O2. The molecule has 0 bridgehead atoms. The highest BCUT2D eigenvalue weighted by Crippen LogP contribution is 2.12. The summed E-state index contributed by atoms with van der Waals surface area (Å²) in [4.78, 5) is 13.8. The molecule has 1 amide bonds. The number of nitrogens with zero attached hydrogens (tertiary/aromatic N) is 1. The van der Waals surface area contributed by atoms with Crippen molar-refractivity contribution in [1.82, 2.24) is 10.2 Å². The molecule has 4 nitrogen and oxygen atoms in total. The van der Waals surface area contributed by atoms with Gasteiger partial charge in [-0.15, -0.1) is 12.4 Å². The number of hydrogen-bond donors (Lipinski definition) is 1. The summed E-state index contributed by atoms with van der Waals surface area (Å²) in [5.41, 5.74) is 0. The lowest BCUT2D eigenvalue weighted by atomic mass is 10.3. The standard InChI is InChI=1S/C14H20N2O2.ClH/c1-15-12-7-9-16(11-12)14(17)8-10-18-13-5-3-2-4-6-13;/h2-6,12,15H,7-11H2,1H3;1H. The molecule has 0 spiro atoms. The van der Waals surface area contributed by atoms with Gasteiger partial charge in [0, 0.05) is 19.1 Å². The van der Waals surface area contributed by atoms with Gasteiger partial charge in [-0.1, -0.05) is 18.2 Å². The van der Waals surface area contributed by atoms with Gasteiger partial charge in [0.15, 0.2) is 0 Å². The van der Waals surface area contributed by atoms with Crippen LogP contribution < -0.4 is 10.1 Å². The van der Waals surface area contributed by atoms with Crippen LogP contribution in [0.5, 0.6) is 5.75 Å². The number of likely N-dealkylation sites (tertiary alicyclic amines) is 1. The molecule has 1 fully saturated rings. The molecule has 19 heavy (non-hydrogen) atoms. The molecule has 106 valence electrons. The highest BCUT2D eigenvalue weighted by molar-refractivity contribution is 5.85. The van der Waals surface area contributed by atoms with Gasteiger partial charge in [-0.25, -0.2) is 0 Å². The van der Waals surface area contributed by atoms with E-state index in [1.165, 1.54) is 0 Å². The van der Waals surface area contributed by atoms with Crippen LogP contribution in [0.15, 0.2) is 30.3 Å². The third kappa shape index (κ3) is 4.73. The van der Waals surface area contributed by atoms with Crippen LogP contribution in [0.3, 0.4) is 0 Å². The third-order valence-electron chi connectivity index (χ3n) is 3.28. The van der Waals surface area contributed by atoms with Gasteiger partial charge in [0.1, 0.15) is 5.75 Å². The van der Waals surface area contributed by atoms with Crippen molar-refractivity contribution >= 4 is 18.3 Å². The average molecular weight is 285 g/mol. The molecule has 1 aromatic rings. The number of likely N-dealkylation sites (N-methyl/N-ethyl adjacent to an activating group) is 1. The molecule has 0 aromatic heterocycles. The summed E-state index contributed by atoms with van der Waals surface area (Å²) in [5, 5.41) is 3.21. The summed E-state index contributed by atoms with van der Waals surface area (Å²) in [6, 6.07) is 10.0. The van der Waals surface area contributed by atoms with E-state index in [2.05, 4.69) is 5.32 Å². The lowest BCUT2D eigenvalue weighted by molar-refractivity contribution is -0.130. The fourth-order valence-electron chi connectivity index (χ4n) is 2.15. The predicted octanol–water partition coefficient (Wildman–Crippen LogP) is 1.70. The third-order valence-corrected chi connectivity index (χ3v) is 3.28. The van der Waals surface area contributed by atoms with E-state index in [0.717, 1.165) is 25.3 Å². The molecule has 1 N–H and O–H groups in total. The van der Waals surface area contributed by atoms with E-state index in [4.69, 9.17) is 4.74 Å². The zero-order valence-electron chi connectivity index (χ0n) is 11.2. The van der Waals surface area contributed by atoms with E-state index in [1.807, 2.05) is 42.3 Å². The van der Waals surface area contributed by atoms with E-state index in [1.54, 1.807) is 0 Å². The molecule has 1 atom stereocenters. The minimum atomic E-state index is 0. The molecule has 1 aromatic carbocycles. The number of halogens is 1. The van der Waals surface area contributed by atoms with Crippen LogP contribution in [-0.2, 0) is 4.79 Å². The number of rotatable bonds is 5. The Kier molecular flexibility index (Phi) is 6.67. The summed E-state index contributed by atoms with van der Waals surface area (Å²) in [5.74, 6) is 1.00. The van der Waals surface area contributed by atoms with E-state index in [-0.39, 0.29) is 18.3 Å². The summed E-state index contributed by atoms with van der Waals surface area (Å²) in [6.45, 7) is 2.12. The van der Waals surface area contributed by atoms with Crippen molar-refractivity contribution in [1.29, 1.82) is 0 Å². The predicted molar refractivity (Wildman–Crippen MR) is 77.8 cm³/mol. The van der Waals surface area contributed by atoms with Gasteiger partial charge < -0.3 is 15.0 Å². The van der Waals surface area contributed by atoms with Crippen LogP contribution in [0.1, 0.15) is 12.8 Å². The van der Waals surface area contributed by atoms with Crippen LogP contribution in [-0.4, -0.2) is 43.6 Å². The molecule has 1 heterocycles. The van der Waals surface area contributed by atoms with Gasteiger partial charge >= 0.3 is 0 Å². The summed E-state index contributed by atoms with van der Waals surface area (Å²) < 4.78 is 5.53. The second-order valence-electron chi connectivity index (χ2n) is 4.53. The molecule has 1 unspecified atom stereocenters. The van der Waals surface area contributed by atoms with Gasteiger partial charge in [-0.2, -0.15) is 0 Å². The second kappa shape index (κ2) is 8.02. The van der Waals surface area contributed by atoms with E-state index >= 15 is 0 Å². The van der Waals surface area contributed by atoms with Gasteiger partial charge in [-0.3, -0.25) is 4.79 Å². The Hall–Kier alpha value is -1.26. The van der Waals surface area contributed by atoms with Crippen molar-refractivity contribution in [3.05, 3.63) is 30.3 Å². The Morgan fingerprint density at radius 1 is 1.42 bits per heavy atom. The number of ether oxygens (including phenoxy) is 1. The maximum absolute atomic E-state index is 11.9. The van der Waals surface area contributed by atoms with Crippen molar-refractivity contribution in [2.75, 3.05) is 26.7 Å². The van der Waals surface area contributed by atoms with Crippen LogP contribution >= 0.6 is 12.4 Å². The molecule has 0 aliphatic carbocycles. The Morgan fingerprint density at radius 3 is 2.79 bits per heavy atom. The van der Waals surface area contributed by atoms with Crippen LogP contribution in [0.2, 0.25) is 0 Å². The number of nitrogens with one attached hydrogen (secondary N) is 1. The topological polar surface area (TPSA) is 41.6 Å². The Labute approximate surface area is 120 Å². The fourth-order valence-corrected chi connectivity index (χ4v) is 2.15. The van der Waals surface area contributed by atoms with Gasteiger partial charge in [-0.05, 0) is 25.6 Å². The molecular weight excluding hydrogens is 264 g/mol. The minimum Gasteiger partial charge on any atom is -0.493 e. The Morgan fingerprint density at radius 2 is 2.16 bits per heavy atom. The number of carbonyl (C=O) groups is 1. The van der Waals surface area contributed by atoms with Crippen molar-refractivity contribution < 1.29 is 9.53 Å². The van der Waals surface area contributed by atoms with Crippen LogP contribution in [0, 0.1) is 0 Å². The fraction of sp³-hybridized carbons (Fsp3) is 0.500. The number of hydrogen-bond acceptors (Lipinski definition) is 3. The lowest BCUT2D eigenvalue weighted by Gasteiger charge is -2.16. The summed E-state index contributed by atoms with van der Waals surface area (Å²) >= 11 is 0. The van der Waals surface area contributed by atoms with Crippen molar-refractivity contribution in [3.8, 4) is 5.75 Å². The first-order chi connectivity index (χ1) is 8.79. The molecule has 5 heteroatoms. The maximum Gasteiger partial charge on any atom is 0.226 e. The molecule has 1 saturated heterocycles. The summed E-state index contributed by atoms with van der Waals surface area (Å²) in [7, 11) is 1.94. The number of para-hydroxylation sites is 1. The zero-order chi connectivity index (χ0) is 12.8. The van der Waals surface area contributed by atoms with Gasteiger partial charge in [0.05, 0.1) is 13.0 Å². The van der Waals surface area contributed by atoms with Crippen molar-refractivity contribution in [3.63, 3.8) is 0 Å². The highest BCUT2D eigenvalue weighted by atomic mass is 35.5. The number of benzene rings is 1. The first-order valence-electron chi connectivity index (χ1n) is 6.42. The van der Waals surface area contributed by atoms with Crippen LogP contribution in [0.25, 0.3) is 0 Å². The monoisotopic (exact) mass is 284 g/mol. The summed E-state index contributed by atoms with van der Waals surface area (Å²) in [6.07, 6.45) is 1.49. The van der Waals surface area contributed by atoms with Gasteiger partial charge in [0.25, 0.3) is 0 Å². The van der Waals surface area contributed by atoms with Crippen molar-refractivity contribution in [2.24, 2.45) is 0 Å². The molecule has 0 radical (unpaired) electrons. The number of amides is 1. The highest BCUT2D eigenvalue weighted by Gasteiger charge is 2.24. The average Bonchev–Trinajstić information content (AvgIpc) is 2.89. The Bertz CT molecular complexity index is 386. The largest absolute Gasteiger partial charge is 0.493 e. The Balaban J connectivity index is 0.00000180.